The Hall–Kier alpha value is -8.25. The first-order chi connectivity index (χ1) is 33.9. The number of guanidine groups is 2. The van der Waals surface area contributed by atoms with E-state index in [1.807, 2.05) is 31.2 Å². The molecule has 1 aromatic heterocycles. The van der Waals surface area contributed by atoms with Crippen LogP contribution in [0.4, 0.5) is 0 Å². The first kappa shape index (κ1) is 57.1. The number of para-hydroxylation sites is 1. The van der Waals surface area contributed by atoms with Crippen molar-refractivity contribution in [3.63, 3.8) is 0 Å². The van der Waals surface area contributed by atoms with E-state index in [0.29, 0.717) is 17.5 Å². The fraction of sp³-hybridized carbons (Fsp3) is 0.457. The Morgan fingerprint density at radius 1 is 0.704 bits per heavy atom. The van der Waals surface area contributed by atoms with E-state index in [9.17, 15) is 43.2 Å². The molecule has 3 unspecified atom stereocenters. The number of aromatic amines is 1. The molecule has 25 nitrogen and oxygen atoms in total. The number of carbonyl (C=O) groups is 9. The Kier molecular flexibility index (Phi) is 24.3. The van der Waals surface area contributed by atoms with Crippen LogP contribution in [0.1, 0.15) is 69.9 Å². The maximum atomic E-state index is 14.3. The lowest BCUT2D eigenvalue weighted by Crippen LogP contribution is -2.59. The van der Waals surface area contributed by atoms with Crippen molar-refractivity contribution in [2.24, 2.45) is 38.7 Å². The van der Waals surface area contributed by atoms with Gasteiger partial charge in [0.2, 0.25) is 53.2 Å². The van der Waals surface area contributed by atoms with Gasteiger partial charge in [-0.25, -0.2) is 0 Å². The van der Waals surface area contributed by atoms with Crippen LogP contribution in [-0.2, 0) is 56.0 Å². The third-order valence-electron chi connectivity index (χ3n) is 10.6. The number of H-pyrrole nitrogens is 1. The van der Waals surface area contributed by atoms with Gasteiger partial charge in [0.1, 0.15) is 30.2 Å². The van der Waals surface area contributed by atoms with E-state index in [2.05, 4.69) is 57.5 Å². The van der Waals surface area contributed by atoms with Gasteiger partial charge in [-0.05, 0) is 55.7 Å². The lowest BCUT2D eigenvalue weighted by atomic mass is 10.0. The summed E-state index contributed by atoms with van der Waals surface area (Å²) in [5.74, 6) is -6.85. The Morgan fingerprint density at radius 3 is 2.00 bits per heavy atom. The Morgan fingerprint density at radius 2 is 1.34 bits per heavy atom. The Bertz CT molecular complexity index is 2350. The van der Waals surface area contributed by atoms with Crippen LogP contribution >= 0.6 is 0 Å². The quantitative estimate of drug-likeness (QED) is 0.0425. The van der Waals surface area contributed by atoms with E-state index in [0.717, 1.165) is 23.9 Å². The second-order valence-corrected chi connectivity index (χ2v) is 16.5. The van der Waals surface area contributed by atoms with E-state index in [-0.39, 0.29) is 63.5 Å². The first-order valence-electron chi connectivity index (χ1n) is 23.1. The normalized spacial score (nSPS) is 19.8. The summed E-state index contributed by atoms with van der Waals surface area (Å²) in [5, 5.41) is 21.2. The first-order valence-corrected chi connectivity index (χ1v) is 23.1. The number of fused-ring (bicyclic) bond motifs is 1. The maximum absolute atomic E-state index is 14.3. The second kappa shape index (κ2) is 30.3. The van der Waals surface area contributed by atoms with Gasteiger partial charge in [-0.15, -0.1) is 0 Å². The van der Waals surface area contributed by atoms with Gasteiger partial charge in [0.25, 0.3) is 0 Å². The predicted octanol–water partition coefficient (Wildman–Crippen LogP) is -3.47. The van der Waals surface area contributed by atoms with Gasteiger partial charge in [0, 0.05) is 56.5 Å². The lowest BCUT2D eigenvalue weighted by molar-refractivity contribution is -0.134. The van der Waals surface area contributed by atoms with E-state index in [4.69, 9.17) is 28.7 Å². The number of hydrogen-bond donors (Lipinski definition) is 14. The molecule has 0 bridgehead atoms. The molecule has 25 heteroatoms. The molecule has 71 heavy (non-hydrogen) atoms. The monoisotopic (exact) mass is 989 g/mol. The maximum Gasteiger partial charge on any atom is 0.243 e. The molecule has 4 rings (SSSR count). The summed E-state index contributed by atoms with van der Waals surface area (Å²) < 4.78 is 0. The third kappa shape index (κ3) is 21.7. The standard InChI is InChI=1S/C42H57N13O9.C4H11N3/c1-24(56)48-22-35(58)52-33-20-34(57)46-16-8-7-14-29(37(43)60)53-41(64)32(19-26-21-49-28-13-6-5-12-27(26)28)55-39(62)30(15-9-17-47-42(44)45)54-40(63)31(18-25-10-3-2-4-11-25)51-36(59)23-50-38(33)61;1-2-3-7-4(5)6/h2-6,10-13,21,29-33,49H,7-9,14-20,22-23H2,1H3,(H2,43,60)(H,46,57)(H,48,56)(H,50,61)(H,51,59)(H,52,58)(H,53,64)(H,54,63)(H,55,62)(H4,44,45,47);2-3H2,1H3,(H4,5,6,7)/t29?,30-,31?,32-,33?;/m0./s1. The molecule has 2 heterocycles. The summed E-state index contributed by atoms with van der Waals surface area (Å²) in [6.45, 7) is 2.92. The van der Waals surface area contributed by atoms with Crippen molar-refractivity contribution in [1.29, 1.82) is 0 Å². The zero-order chi connectivity index (χ0) is 52.3. The van der Waals surface area contributed by atoms with Crippen LogP contribution in [0.5, 0.6) is 0 Å². The number of nitrogens with zero attached hydrogens (tertiary/aromatic N) is 2. The number of hydrogen-bond acceptors (Lipinski definition) is 11. The minimum Gasteiger partial charge on any atom is -0.370 e. The molecule has 0 radical (unpaired) electrons. The van der Waals surface area contributed by atoms with Crippen molar-refractivity contribution in [1.82, 2.24) is 47.5 Å². The number of nitrogens with one attached hydrogen (secondary N) is 9. The zero-order valence-electron chi connectivity index (χ0n) is 40.0. The second-order valence-electron chi connectivity index (χ2n) is 16.5. The van der Waals surface area contributed by atoms with Crippen molar-refractivity contribution in [2.45, 2.75) is 102 Å². The molecular weight excluding hydrogens is 921 g/mol. The number of primary amides is 1. The predicted molar refractivity (Wildman–Crippen MR) is 265 cm³/mol. The molecule has 1 saturated heterocycles. The molecule has 1 aliphatic rings. The summed E-state index contributed by atoms with van der Waals surface area (Å²) in [5.41, 5.74) is 28.8. The van der Waals surface area contributed by atoms with Gasteiger partial charge in [0.05, 0.1) is 19.5 Å². The van der Waals surface area contributed by atoms with Crippen LogP contribution in [0, 0.1) is 0 Å². The van der Waals surface area contributed by atoms with Crippen LogP contribution in [0.2, 0.25) is 0 Å². The van der Waals surface area contributed by atoms with Gasteiger partial charge < -0.3 is 76.2 Å². The molecule has 3 aromatic rings. The average molecular weight is 989 g/mol. The number of benzene rings is 2. The minimum absolute atomic E-state index is 0.0243. The van der Waals surface area contributed by atoms with E-state index in [1.54, 1.807) is 36.5 Å². The summed E-state index contributed by atoms with van der Waals surface area (Å²) >= 11 is 0. The van der Waals surface area contributed by atoms with Crippen LogP contribution in [0.15, 0.2) is 70.8 Å². The number of aromatic nitrogens is 1. The molecule has 1 aliphatic heterocycles. The topological polar surface area (TPSA) is 420 Å². The zero-order valence-corrected chi connectivity index (χ0v) is 40.0. The van der Waals surface area contributed by atoms with Crippen molar-refractivity contribution in [3.8, 4) is 0 Å². The Balaban J connectivity index is 0.00000176. The van der Waals surface area contributed by atoms with Gasteiger partial charge >= 0.3 is 0 Å². The molecular formula is C46H68N16O9. The van der Waals surface area contributed by atoms with Crippen molar-refractivity contribution >= 4 is 76.0 Å². The molecule has 0 saturated carbocycles. The highest BCUT2D eigenvalue weighted by Crippen LogP contribution is 2.20. The number of aliphatic imine (C=N–C) groups is 2. The number of rotatable bonds is 14. The van der Waals surface area contributed by atoms with Gasteiger partial charge in [-0.3, -0.25) is 53.1 Å². The van der Waals surface area contributed by atoms with E-state index >= 15 is 0 Å². The molecule has 0 spiro atoms. The van der Waals surface area contributed by atoms with Gasteiger partial charge in [-0.1, -0.05) is 55.5 Å². The summed E-state index contributed by atoms with van der Waals surface area (Å²) in [7, 11) is 0. The molecule has 19 N–H and O–H groups in total. The molecule has 5 atom stereocenters. The highest BCUT2D eigenvalue weighted by molar-refractivity contribution is 5.98. The van der Waals surface area contributed by atoms with Gasteiger partial charge in [-0.2, -0.15) is 0 Å². The number of amides is 9. The fourth-order valence-corrected chi connectivity index (χ4v) is 7.06. The number of nitrogens with two attached hydrogens (primary N) is 5. The van der Waals surface area contributed by atoms with Crippen molar-refractivity contribution in [2.75, 3.05) is 32.7 Å². The van der Waals surface area contributed by atoms with Gasteiger partial charge in [0.15, 0.2) is 11.9 Å². The fourth-order valence-electron chi connectivity index (χ4n) is 7.06. The average Bonchev–Trinajstić information content (AvgIpc) is 3.74. The summed E-state index contributed by atoms with van der Waals surface area (Å²) in [4.78, 5) is 130. The number of carbonyl (C=O) groups excluding carboxylic acids is 9. The van der Waals surface area contributed by atoms with Crippen LogP contribution in [-0.4, -0.2) is 133 Å². The largest absolute Gasteiger partial charge is 0.370 e. The minimum atomic E-state index is -1.48. The summed E-state index contributed by atoms with van der Waals surface area (Å²) in [6.07, 6.45) is 2.86. The lowest BCUT2D eigenvalue weighted by Gasteiger charge is -2.26. The third-order valence-corrected chi connectivity index (χ3v) is 10.6. The van der Waals surface area contributed by atoms with Crippen LogP contribution in [0.25, 0.3) is 10.9 Å². The SMILES string of the molecule is CC(=O)NCC(=O)NC1CC(=O)NCCCCC(C(N)=O)NC(=O)[C@H](Cc2c[nH]c3ccccc23)NC(=O)[C@H](CCCN=C(N)N)NC(=O)C(Cc2ccccc2)NC(=O)CNC1=O.CCCN=C(N)N. The van der Waals surface area contributed by atoms with Crippen molar-refractivity contribution < 1.29 is 43.2 Å². The Labute approximate surface area is 410 Å². The smallest absolute Gasteiger partial charge is 0.243 e. The van der Waals surface area contributed by atoms with Crippen LogP contribution < -0.4 is 71.2 Å². The van der Waals surface area contributed by atoms with E-state index in [1.165, 1.54) is 6.92 Å². The molecule has 0 aliphatic carbocycles. The molecule has 2 aromatic carbocycles. The summed E-state index contributed by atoms with van der Waals surface area (Å²) in [6, 6.07) is 9.40. The van der Waals surface area contributed by atoms with E-state index < -0.39 is 103 Å². The molecule has 9 amide bonds. The molecule has 386 valence electrons. The molecule has 1 fully saturated rings. The van der Waals surface area contributed by atoms with Crippen molar-refractivity contribution in [3.05, 3.63) is 71.9 Å². The highest BCUT2D eigenvalue weighted by Gasteiger charge is 2.32. The highest BCUT2D eigenvalue weighted by atomic mass is 16.2. The van der Waals surface area contributed by atoms with Crippen LogP contribution in [0.3, 0.4) is 0 Å².